The number of fused-ring (bicyclic) bond motifs is 1. The van der Waals surface area contributed by atoms with Crippen molar-refractivity contribution < 1.29 is 14.7 Å². The van der Waals surface area contributed by atoms with Crippen molar-refractivity contribution in [2.45, 2.75) is 56.9 Å². The molecule has 2 atom stereocenters. The second-order valence-electron chi connectivity index (χ2n) is 9.23. The fourth-order valence-electron chi connectivity index (χ4n) is 4.76. The van der Waals surface area contributed by atoms with Gasteiger partial charge >= 0.3 is 17.3 Å². The number of amides is 1. The fraction of sp³-hybridized carbons (Fsp3) is 0.500. The number of aliphatic carboxylic acids is 1. The number of carboxylic acids is 1. The van der Waals surface area contributed by atoms with Crippen LogP contribution in [0.3, 0.4) is 0 Å². The Morgan fingerprint density at radius 3 is 2.49 bits per heavy atom. The highest BCUT2D eigenvalue weighted by Crippen LogP contribution is 2.22. The lowest BCUT2D eigenvalue weighted by atomic mass is 9.86. The molecule has 1 aliphatic heterocycles. The topological polar surface area (TPSA) is 153 Å². The SMILES string of the molecule is NC1CCC(CNC(=O)C2C=CCn3c(=O)n(C(CNCc4ccccc4)C(=O)O)c(=O)n32)CC1. The van der Waals surface area contributed by atoms with E-state index in [9.17, 15) is 24.3 Å². The zero-order chi connectivity index (χ0) is 24.9. The van der Waals surface area contributed by atoms with Gasteiger partial charge in [-0.05, 0) is 37.2 Å². The highest BCUT2D eigenvalue weighted by Gasteiger charge is 2.33. The first-order valence-electron chi connectivity index (χ1n) is 12.0. The number of benzene rings is 1. The van der Waals surface area contributed by atoms with Crippen molar-refractivity contribution in [3.8, 4) is 0 Å². The molecule has 11 heteroatoms. The monoisotopic (exact) mass is 484 g/mol. The fourth-order valence-corrected chi connectivity index (χ4v) is 4.76. The van der Waals surface area contributed by atoms with Gasteiger partial charge in [0.15, 0.2) is 12.1 Å². The van der Waals surface area contributed by atoms with E-state index >= 15 is 0 Å². The Morgan fingerprint density at radius 1 is 1.09 bits per heavy atom. The third-order valence-electron chi connectivity index (χ3n) is 6.78. The minimum absolute atomic E-state index is 0.0785. The van der Waals surface area contributed by atoms with E-state index in [1.165, 1.54) is 0 Å². The van der Waals surface area contributed by atoms with E-state index in [0.717, 1.165) is 45.2 Å². The maximum absolute atomic E-state index is 13.3. The Morgan fingerprint density at radius 2 is 1.80 bits per heavy atom. The van der Waals surface area contributed by atoms with Crippen molar-refractivity contribution in [2.24, 2.45) is 11.7 Å². The molecule has 1 fully saturated rings. The van der Waals surface area contributed by atoms with Crippen molar-refractivity contribution in [1.82, 2.24) is 24.6 Å². The van der Waals surface area contributed by atoms with Crippen LogP contribution in [0.25, 0.3) is 0 Å². The molecule has 188 valence electrons. The highest BCUT2D eigenvalue weighted by atomic mass is 16.4. The van der Waals surface area contributed by atoms with Crippen LogP contribution >= 0.6 is 0 Å². The summed E-state index contributed by atoms with van der Waals surface area (Å²) in [6, 6.07) is 7.15. The number of nitrogens with one attached hydrogen (secondary N) is 2. The molecule has 1 saturated carbocycles. The lowest BCUT2D eigenvalue weighted by Gasteiger charge is -2.27. The predicted octanol–water partition coefficient (Wildman–Crippen LogP) is -0.0284. The summed E-state index contributed by atoms with van der Waals surface area (Å²) < 4.78 is 2.90. The zero-order valence-electron chi connectivity index (χ0n) is 19.5. The summed E-state index contributed by atoms with van der Waals surface area (Å²) >= 11 is 0. The summed E-state index contributed by atoms with van der Waals surface area (Å²) in [5.41, 5.74) is 5.31. The van der Waals surface area contributed by atoms with Crippen LogP contribution in [0, 0.1) is 5.92 Å². The van der Waals surface area contributed by atoms with Gasteiger partial charge in [0.05, 0.1) is 6.54 Å². The van der Waals surface area contributed by atoms with Gasteiger partial charge in [-0.15, -0.1) is 0 Å². The van der Waals surface area contributed by atoms with E-state index in [1.54, 1.807) is 12.2 Å². The van der Waals surface area contributed by atoms with Gasteiger partial charge in [-0.25, -0.2) is 28.3 Å². The average Bonchev–Trinajstić information content (AvgIpc) is 3.11. The predicted molar refractivity (Wildman–Crippen MR) is 129 cm³/mol. The quantitative estimate of drug-likeness (QED) is 0.365. The number of hydrogen-bond acceptors (Lipinski definition) is 6. The second kappa shape index (κ2) is 10.9. The van der Waals surface area contributed by atoms with Gasteiger partial charge < -0.3 is 21.5 Å². The van der Waals surface area contributed by atoms with Gasteiger partial charge in [0.2, 0.25) is 5.91 Å². The Hall–Kier alpha value is -3.44. The standard InChI is InChI=1S/C24H32N6O5/c25-18-10-8-17(9-11-18)14-27-21(31)19-7-4-12-28-23(34)29(24(35)30(19)28)20(22(32)33)15-26-13-16-5-2-1-3-6-16/h1-7,17-20,26H,8-15,25H2,(H,27,31)(H,32,33). The van der Waals surface area contributed by atoms with Crippen LogP contribution < -0.4 is 27.7 Å². The normalized spacial score (nSPS) is 22.4. The number of carbonyl (C=O) groups excluding carboxylic acids is 1. The van der Waals surface area contributed by atoms with Crippen molar-refractivity contribution in [3.05, 3.63) is 69.0 Å². The van der Waals surface area contributed by atoms with Gasteiger partial charge in [0.25, 0.3) is 0 Å². The molecular weight excluding hydrogens is 452 g/mol. The van der Waals surface area contributed by atoms with E-state index in [1.807, 2.05) is 30.3 Å². The minimum Gasteiger partial charge on any atom is -0.480 e. The molecule has 11 nitrogen and oxygen atoms in total. The second-order valence-corrected chi connectivity index (χ2v) is 9.23. The van der Waals surface area contributed by atoms with E-state index < -0.39 is 35.3 Å². The third-order valence-corrected chi connectivity index (χ3v) is 6.78. The van der Waals surface area contributed by atoms with Gasteiger partial charge in [-0.1, -0.05) is 42.5 Å². The Labute approximate surface area is 202 Å². The summed E-state index contributed by atoms with van der Waals surface area (Å²) in [6.07, 6.45) is 6.90. The number of nitrogens with two attached hydrogens (primary N) is 1. The van der Waals surface area contributed by atoms with Gasteiger partial charge in [0, 0.05) is 25.7 Å². The largest absolute Gasteiger partial charge is 0.480 e. The summed E-state index contributed by atoms with van der Waals surface area (Å²) in [4.78, 5) is 51.3. The van der Waals surface area contributed by atoms with E-state index in [-0.39, 0.29) is 19.1 Å². The van der Waals surface area contributed by atoms with Crippen LogP contribution in [-0.2, 0) is 22.7 Å². The first kappa shape index (κ1) is 24.7. The molecule has 0 bridgehead atoms. The summed E-state index contributed by atoms with van der Waals surface area (Å²) in [6.45, 7) is 0.802. The number of hydrogen-bond donors (Lipinski definition) is 4. The maximum Gasteiger partial charge on any atom is 0.349 e. The van der Waals surface area contributed by atoms with E-state index in [4.69, 9.17) is 5.73 Å². The van der Waals surface area contributed by atoms with Crippen LogP contribution in [0.4, 0.5) is 0 Å². The molecule has 1 aromatic carbocycles. The number of allylic oxidation sites excluding steroid dienone is 1. The van der Waals surface area contributed by atoms with Crippen LogP contribution in [0.2, 0.25) is 0 Å². The van der Waals surface area contributed by atoms with Crippen LogP contribution in [0.5, 0.6) is 0 Å². The Balaban J connectivity index is 1.50. The summed E-state index contributed by atoms with van der Waals surface area (Å²) in [5, 5.41) is 15.7. The smallest absolute Gasteiger partial charge is 0.349 e. The summed E-state index contributed by atoms with van der Waals surface area (Å²) in [5.74, 6) is -1.39. The van der Waals surface area contributed by atoms with Gasteiger partial charge in [-0.2, -0.15) is 0 Å². The average molecular weight is 485 g/mol. The molecular formula is C24H32N6O5. The van der Waals surface area contributed by atoms with Gasteiger partial charge in [-0.3, -0.25) is 4.79 Å². The molecule has 4 rings (SSSR count). The minimum atomic E-state index is -1.42. The Bertz CT molecular complexity index is 1190. The molecule has 0 spiro atoms. The number of carboxylic acid groups (broad SMARTS) is 1. The summed E-state index contributed by atoms with van der Waals surface area (Å²) in [7, 11) is 0. The van der Waals surface area contributed by atoms with Crippen molar-refractivity contribution in [3.63, 3.8) is 0 Å². The molecule has 2 heterocycles. The molecule has 1 aliphatic carbocycles. The first-order valence-corrected chi connectivity index (χ1v) is 12.0. The number of rotatable bonds is 9. The van der Waals surface area contributed by atoms with Gasteiger partial charge in [0.1, 0.15) is 0 Å². The zero-order valence-corrected chi connectivity index (χ0v) is 19.5. The van der Waals surface area contributed by atoms with Crippen LogP contribution in [-0.4, -0.2) is 50.0 Å². The molecule has 2 unspecified atom stereocenters. The number of nitrogens with zero attached hydrogens (tertiary/aromatic N) is 3. The van der Waals surface area contributed by atoms with E-state index in [0.29, 0.717) is 19.0 Å². The molecule has 5 N–H and O–H groups in total. The highest BCUT2D eigenvalue weighted by molar-refractivity contribution is 5.82. The van der Waals surface area contributed by atoms with Crippen molar-refractivity contribution in [2.75, 3.05) is 13.1 Å². The lowest BCUT2D eigenvalue weighted by Crippen LogP contribution is -2.44. The third kappa shape index (κ3) is 5.46. The lowest BCUT2D eigenvalue weighted by molar-refractivity contribution is -0.141. The van der Waals surface area contributed by atoms with Crippen molar-refractivity contribution >= 4 is 11.9 Å². The van der Waals surface area contributed by atoms with Crippen LogP contribution in [0.1, 0.15) is 43.3 Å². The molecule has 0 saturated heterocycles. The molecule has 0 radical (unpaired) electrons. The first-order chi connectivity index (χ1) is 16.9. The number of carbonyl (C=O) groups is 2. The number of aromatic nitrogens is 3. The van der Waals surface area contributed by atoms with Crippen LogP contribution in [0.15, 0.2) is 52.1 Å². The van der Waals surface area contributed by atoms with E-state index in [2.05, 4.69) is 10.6 Å². The molecule has 1 aromatic heterocycles. The molecule has 2 aliphatic rings. The molecule has 1 amide bonds. The molecule has 2 aromatic rings. The van der Waals surface area contributed by atoms with Crippen molar-refractivity contribution in [1.29, 1.82) is 0 Å². The molecule has 35 heavy (non-hydrogen) atoms. The maximum atomic E-state index is 13.3. The Kier molecular flexibility index (Phi) is 7.67.